The van der Waals surface area contributed by atoms with E-state index >= 15 is 0 Å². The zero-order valence-electron chi connectivity index (χ0n) is 19.2. The Bertz CT molecular complexity index is 886. The first-order valence-corrected chi connectivity index (χ1v) is 11.8. The molecular weight excluding hydrogens is 371 g/mol. The molecule has 3 nitrogen and oxygen atoms in total. The lowest BCUT2D eigenvalue weighted by Crippen LogP contribution is -2.42. The molecule has 1 heterocycles. The molecule has 1 aromatic rings. The van der Waals surface area contributed by atoms with Crippen LogP contribution >= 0.6 is 0 Å². The molecule has 0 bridgehead atoms. The van der Waals surface area contributed by atoms with Crippen molar-refractivity contribution < 1.29 is 14.1 Å². The summed E-state index contributed by atoms with van der Waals surface area (Å²) in [5.41, 5.74) is 3.62. The highest BCUT2D eigenvalue weighted by molar-refractivity contribution is 6.52. The second kappa shape index (κ2) is 6.80. The van der Waals surface area contributed by atoms with Gasteiger partial charge in [0.05, 0.1) is 11.2 Å². The predicted octanol–water partition coefficient (Wildman–Crippen LogP) is 5.76. The van der Waals surface area contributed by atoms with Gasteiger partial charge in [-0.05, 0) is 94.2 Å². The van der Waals surface area contributed by atoms with E-state index in [1.807, 2.05) is 5.98 Å². The Morgan fingerprint density at radius 3 is 2.47 bits per heavy atom. The molecule has 0 spiro atoms. The van der Waals surface area contributed by atoms with Crippen LogP contribution in [0.1, 0.15) is 89.3 Å². The van der Waals surface area contributed by atoms with Gasteiger partial charge in [-0.3, -0.25) is 4.79 Å². The molecule has 0 unspecified atom stereocenters. The lowest BCUT2D eigenvalue weighted by atomic mass is 9.55. The van der Waals surface area contributed by atoms with Crippen LogP contribution in [0.3, 0.4) is 0 Å². The van der Waals surface area contributed by atoms with Crippen LogP contribution < -0.4 is 0 Å². The first kappa shape index (κ1) is 20.5. The maximum absolute atomic E-state index is 12.5. The largest absolute Gasteiger partial charge is 0.487 e. The van der Waals surface area contributed by atoms with Crippen molar-refractivity contribution >= 4 is 19.0 Å². The molecule has 5 rings (SSSR count). The molecule has 1 aliphatic heterocycles. The first-order chi connectivity index (χ1) is 14.1. The number of carbonyl (C=O) groups excluding carboxylic acids is 1. The molecule has 0 amide bonds. The van der Waals surface area contributed by atoms with Gasteiger partial charge in [-0.25, -0.2) is 0 Å². The lowest BCUT2D eigenvalue weighted by Gasteiger charge is -2.48. The van der Waals surface area contributed by atoms with Crippen LogP contribution in [-0.4, -0.2) is 24.1 Å². The zero-order chi connectivity index (χ0) is 21.3. The Kier molecular flexibility index (Phi) is 4.65. The number of Topliss-reactive ketones (excluding diaryl/α,β-unsaturated/α-hetero) is 1. The van der Waals surface area contributed by atoms with E-state index in [0.29, 0.717) is 23.5 Å². The summed E-state index contributed by atoms with van der Waals surface area (Å²) in [6.07, 6.45) is 8.66. The third kappa shape index (κ3) is 3.05. The Morgan fingerprint density at radius 2 is 1.73 bits per heavy atom. The molecule has 4 heteroatoms. The van der Waals surface area contributed by atoms with E-state index in [0.717, 1.165) is 25.7 Å². The fourth-order valence-electron chi connectivity index (χ4n) is 6.63. The SMILES string of the molecule is CC1(C)OB(/C=C/c2ccc3c(c2)CC[C@@H]2[C@@H]3CC[C@]3(C)C(=O)CC[C@@H]23)OC1(C)C. The number of rotatable bonds is 2. The molecule has 0 aromatic heterocycles. The van der Waals surface area contributed by atoms with Gasteiger partial charge < -0.3 is 9.31 Å². The second-order valence-corrected chi connectivity index (χ2v) is 11.3. The Morgan fingerprint density at radius 1 is 1.00 bits per heavy atom. The van der Waals surface area contributed by atoms with E-state index in [1.54, 1.807) is 5.56 Å². The Labute approximate surface area is 181 Å². The fourth-order valence-corrected chi connectivity index (χ4v) is 6.63. The molecule has 160 valence electrons. The minimum Gasteiger partial charge on any atom is -0.400 e. The number of carbonyl (C=O) groups is 1. The predicted molar refractivity (Wildman–Crippen MR) is 121 cm³/mol. The van der Waals surface area contributed by atoms with Crippen LogP contribution in [0.15, 0.2) is 24.2 Å². The number of benzene rings is 1. The van der Waals surface area contributed by atoms with Crippen molar-refractivity contribution in [3.05, 3.63) is 40.9 Å². The summed E-state index contributed by atoms with van der Waals surface area (Å²) in [6.45, 7) is 10.6. The highest BCUT2D eigenvalue weighted by Gasteiger charge is 2.54. The molecule has 4 atom stereocenters. The maximum atomic E-state index is 12.5. The highest BCUT2D eigenvalue weighted by atomic mass is 16.7. The van der Waals surface area contributed by atoms with Crippen molar-refractivity contribution in [3.8, 4) is 0 Å². The average molecular weight is 406 g/mol. The van der Waals surface area contributed by atoms with Gasteiger partial charge >= 0.3 is 7.12 Å². The summed E-state index contributed by atoms with van der Waals surface area (Å²) >= 11 is 0. The van der Waals surface area contributed by atoms with E-state index in [1.165, 1.54) is 24.0 Å². The third-order valence-electron chi connectivity index (χ3n) is 9.18. The van der Waals surface area contributed by atoms with Crippen LogP contribution in [0.5, 0.6) is 0 Å². The quantitative estimate of drug-likeness (QED) is 0.586. The zero-order valence-corrected chi connectivity index (χ0v) is 19.2. The van der Waals surface area contributed by atoms with E-state index in [4.69, 9.17) is 9.31 Å². The minimum atomic E-state index is -0.302. The maximum Gasteiger partial charge on any atom is 0.487 e. The molecule has 1 saturated heterocycles. The van der Waals surface area contributed by atoms with Crippen molar-refractivity contribution in [2.45, 2.75) is 90.3 Å². The van der Waals surface area contributed by atoms with Gasteiger partial charge in [0.25, 0.3) is 0 Å². The molecule has 0 N–H and O–H groups in total. The van der Waals surface area contributed by atoms with Gasteiger partial charge in [0.15, 0.2) is 0 Å². The van der Waals surface area contributed by atoms with Crippen molar-refractivity contribution in [2.75, 3.05) is 0 Å². The number of hydrogen-bond acceptors (Lipinski definition) is 3. The van der Waals surface area contributed by atoms with Gasteiger partial charge in [-0.1, -0.05) is 37.2 Å². The van der Waals surface area contributed by atoms with Gasteiger partial charge in [0.1, 0.15) is 5.78 Å². The standard InChI is InChI=1S/C26H35BO3/c1-24(2)25(3,4)30-27(29-24)15-13-17-6-8-19-18(16-17)7-9-21-20(19)12-14-26(5)22(21)10-11-23(26)28/h6,8,13,15-16,20-22H,7,9-12,14H2,1-5H3/b15-13+/t20-,21-,22+,26+/m1/s1. The number of hydrogen-bond donors (Lipinski definition) is 0. The van der Waals surface area contributed by atoms with E-state index in [9.17, 15) is 4.79 Å². The van der Waals surface area contributed by atoms with Crippen LogP contribution in [0.2, 0.25) is 0 Å². The first-order valence-electron chi connectivity index (χ1n) is 11.8. The Balaban J connectivity index is 1.34. The smallest absolute Gasteiger partial charge is 0.400 e. The summed E-state index contributed by atoms with van der Waals surface area (Å²) in [7, 11) is -0.300. The summed E-state index contributed by atoms with van der Waals surface area (Å²) in [5, 5.41) is 0. The summed E-state index contributed by atoms with van der Waals surface area (Å²) in [4.78, 5) is 12.5. The molecule has 2 saturated carbocycles. The van der Waals surface area contributed by atoms with Gasteiger partial charge in [-0.15, -0.1) is 0 Å². The van der Waals surface area contributed by atoms with Crippen molar-refractivity contribution in [1.29, 1.82) is 0 Å². The van der Waals surface area contributed by atoms with Crippen LogP contribution in [-0.2, 0) is 20.5 Å². The number of ketones is 1. The highest BCUT2D eigenvalue weighted by Crippen LogP contribution is 2.59. The van der Waals surface area contributed by atoms with E-state index in [-0.39, 0.29) is 23.7 Å². The average Bonchev–Trinajstić information content (AvgIpc) is 3.10. The number of aryl methyl sites for hydroxylation is 1. The number of fused-ring (bicyclic) bond motifs is 5. The van der Waals surface area contributed by atoms with Crippen molar-refractivity contribution in [3.63, 3.8) is 0 Å². The van der Waals surface area contributed by atoms with Gasteiger partial charge in [-0.2, -0.15) is 0 Å². The van der Waals surface area contributed by atoms with Crippen LogP contribution in [0.4, 0.5) is 0 Å². The summed E-state index contributed by atoms with van der Waals surface area (Å²) < 4.78 is 12.2. The molecule has 3 aliphatic carbocycles. The summed E-state index contributed by atoms with van der Waals surface area (Å²) in [6, 6.07) is 6.97. The Hall–Kier alpha value is -1.39. The normalized spacial score (nSPS) is 36.6. The van der Waals surface area contributed by atoms with E-state index in [2.05, 4.69) is 58.9 Å². The fraction of sp³-hybridized carbons (Fsp3) is 0.654. The third-order valence-corrected chi connectivity index (χ3v) is 9.18. The van der Waals surface area contributed by atoms with Crippen molar-refractivity contribution in [2.24, 2.45) is 17.3 Å². The lowest BCUT2D eigenvalue weighted by molar-refractivity contribution is -0.129. The van der Waals surface area contributed by atoms with Crippen LogP contribution in [0, 0.1) is 17.3 Å². The molecule has 3 fully saturated rings. The van der Waals surface area contributed by atoms with E-state index < -0.39 is 0 Å². The molecule has 1 aromatic carbocycles. The molecule has 0 radical (unpaired) electrons. The summed E-state index contributed by atoms with van der Waals surface area (Å²) in [5.74, 6) is 4.49. The van der Waals surface area contributed by atoms with Crippen LogP contribution in [0.25, 0.3) is 6.08 Å². The molecule has 30 heavy (non-hydrogen) atoms. The van der Waals surface area contributed by atoms with Gasteiger partial charge in [0, 0.05) is 11.8 Å². The van der Waals surface area contributed by atoms with Crippen molar-refractivity contribution in [1.82, 2.24) is 0 Å². The van der Waals surface area contributed by atoms with Gasteiger partial charge in [0.2, 0.25) is 0 Å². The monoisotopic (exact) mass is 406 g/mol. The minimum absolute atomic E-state index is 0.0375. The second-order valence-electron chi connectivity index (χ2n) is 11.3. The molecular formula is C26H35BO3. The topological polar surface area (TPSA) is 35.5 Å². The molecule has 4 aliphatic rings.